The van der Waals surface area contributed by atoms with E-state index in [1.807, 2.05) is 18.2 Å². The molecule has 2 aromatic heterocycles. The van der Waals surface area contributed by atoms with Crippen LogP contribution in [-0.2, 0) is 29.9 Å². The number of carbonyl (C=O) groups excluding carboxylic acids is 1. The highest BCUT2D eigenvalue weighted by Gasteiger charge is 2.16. The van der Waals surface area contributed by atoms with Crippen molar-refractivity contribution in [1.29, 1.82) is 0 Å². The zero-order valence-electron chi connectivity index (χ0n) is 15.3. The van der Waals surface area contributed by atoms with Gasteiger partial charge in [0.15, 0.2) is 6.29 Å². The third-order valence-corrected chi connectivity index (χ3v) is 6.23. The van der Waals surface area contributed by atoms with Gasteiger partial charge in [0.2, 0.25) is 10.0 Å². The standard InChI is InChI=1S/C20H20ClN3O3S/c1-24-18(14-25)12-16(11-15-3-2-9-22-13-15)20(24)8-10-23-28(26,27)19-6-4-17(21)5-7-19/h2-7,9,12-14,23H,8,10-11H2,1H3. The van der Waals surface area contributed by atoms with E-state index in [2.05, 4.69) is 9.71 Å². The van der Waals surface area contributed by atoms with Gasteiger partial charge in [-0.15, -0.1) is 0 Å². The number of aromatic nitrogens is 2. The predicted molar refractivity (Wildman–Crippen MR) is 108 cm³/mol. The summed E-state index contributed by atoms with van der Waals surface area (Å²) in [6.45, 7) is 0.209. The summed E-state index contributed by atoms with van der Waals surface area (Å²) in [5.41, 5.74) is 3.45. The first-order chi connectivity index (χ1) is 13.4. The fraction of sp³-hybridized carbons (Fsp3) is 0.200. The van der Waals surface area contributed by atoms with Gasteiger partial charge >= 0.3 is 0 Å². The Morgan fingerprint density at radius 3 is 2.61 bits per heavy atom. The van der Waals surface area contributed by atoms with Gasteiger partial charge in [-0.25, -0.2) is 13.1 Å². The van der Waals surface area contributed by atoms with Crippen molar-refractivity contribution in [3.63, 3.8) is 0 Å². The Hall–Kier alpha value is -2.48. The summed E-state index contributed by atoms with van der Waals surface area (Å²) in [4.78, 5) is 15.6. The number of aldehydes is 1. The molecule has 0 radical (unpaired) electrons. The lowest BCUT2D eigenvalue weighted by Gasteiger charge is -2.10. The van der Waals surface area contributed by atoms with Gasteiger partial charge in [-0.3, -0.25) is 9.78 Å². The van der Waals surface area contributed by atoms with Gasteiger partial charge in [0, 0.05) is 49.5 Å². The van der Waals surface area contributed by atoms with E-state index in [1.54, 1.807) is 24.0 Å². The lowest BCUT2D eigenvalue weighted by Crippen LogP contribution is -2.26. The highest BCUT2D eigenvalue weighted by molar-refractivity contribution is 7.89. The molecule has 0 saturated carbocycles. The molecular weight excluding hydrogens is 398 g/mol. The lowest BCUT2D eigenvalue weighted by atomic mass is 10.1. The molecule has 0 aliphatic carbocycles. The van der Waals surface area contributed by atoms with Crippen LogP contribution in [0.2, 0.25) is 5.02 Å². The number of benzene rings is 1. The molecule has 0 bridgehead atoms. The first-order valence-corrected chi connectivity index (χ1v) is 10.5. The molecule has 0 unspecified atom stereocenters. The predicted octanol–water partition coefficient (Wildman–Crippen LogP) is 3.00. The molecule has 0 atom stereocenters. The van der Waals surface area contributed by atoms with E-state index in [1.165, 1.54) is 24.3 Å². The summed E-state index contributed by atoms with van der Waals surface area (Å²) < 4.78 is 29.3. The van der Waals surface area contributed by atoms with Crippen molar-refractivity contribution in [2.75, 3.05) is 6.54 Å². The second-order valence-electron chi connectivity index (χ2n) is 6.36. The molecule has 0 saturated heterocycles. The van der Waals surface area contributed by atoms with Crippen LogP contribution in [-0.4, -0.2) is 30.8 Å². The molecular formula is C20H20ClN3O3S. The molecule has 0 aliphatic heterocycles. The first kappa shape index (κ1) is 20.3. The Kier molecular flexibility index (Phi) is 6.28. The van der Waals surface area contributed by atoms with Gasteiger partial charge in [0.25, 0.3) is 0 Å². The number of nitrogens with one attached hydrogen (secondary N) is 1. The van der Waals surface area contributed by atoms with E-state index in [9.17, 15) is 13.2 Å². The van der Waals surface area contributed by atoms with Crippen molar-refractivity contribution in [2.45, 2.75) is 17.7 Å². The first-order valence-electron chi connectivity index (χ1n) is 8.67. The smallest absolute Gasteiger partial charge is 0.240 e. The molecule has 6 nitrogen and oxygen atoms in total. The molecule has 146 valence electrons. The quantitative estimate of drug-likeness (QED) is 0.571. The van der Waals surface area contributed by atoms with Crippen molar-refractivity contribution >= 4 is 27.9 Å². The summed E-state index contributed by atoms with van der Waals surface area (Å²) >= 11 is 5.81. The average Bonchev–Trinajstić information content (AvgIpc) is 2.98. The zero-order chi connectivity index (χ0) is 20.1. The fourth-order valence-corrected chi connectivity index (χ4v) is 4.21. The van der Waals surface area contributed by atoms with Crippen LogP contribution in [0.15, 0.2) is 59.8 Å². The molecule has 0 aliphatic rings. The molecule has 0 amide bonds. The van der Waals surface area contributed by atoms with Gasteiger partial charge in [-0.2, -0.15) is 0 Å². The van der Waals surface area contributed by atoms with E-state index in [-0.39, 0.29) is 11.4 Å². The third-order valence-electron chi connectivity index (χ3n) is 4.50. The second-order valence-corrected chi connectivity index (χ2v) is 8.56. The second kappa shape index (κ2) is 8.68. The highest BCUT2D eigenvalue weighted by atomic mass is 35.5. The van der Waals surface area contributed by atoms with Crippen molar-refractivity contribution < 1.29 is 13.2 Å². The Morgan fingerprint density at radius 1 is 1.21 bits per heavy atom. The minimum Gasteiger partial charge on any atom is -0.345 e. The van der Waals surface area contributed by atoms with Crippen LogP contribution in [0.5, 0.6) is 0 Å². The van der Waals surface area contributed by atoms with E-state index >= 15 is 0 Å². The number of pyridine rings is 1. The summed E-state index contributed by atoms with van der Waals surface area (Å²) in [7, 11) is -1.82. The summed E-state index contributed by atoms with van der Waals surface area (Å²) in [6, 6.07) is 11.7. The van der Waals surface area contributed by atoms with Crippen LogP contribution in [0.3, 0.4) is 0 Å². The van der Waals surface area contributed by atoms with Crippen molar-refractivity contribution in [1.82, 2.24) is 14.3 Å². The highest BCUT2D eigenvalue weighted by Crippen LogP contribution is 2.19. The van der Waals surface area contributed by atoms with Crippen LogP contribution in [0.25, 0.3) is 0 Å². The molecule has 1 N–H and O–H groups in total. The maximum atomic E-state index is 12.4. The van der Waals surface area contributed by atoms with Gasteiger partial charge in [0.1, 0.15) is 0 Å². The number of sulfonamides is 1. The minimum atomic E-state index is -3.63. The molecule has 1 aromatic carbocycles. The van der Waals surface area contributed by atoms with E-state index in [0.717, 1.165) is 23.1 Å². The van der Waals surface area contributed by atoms with E-state index in [4.69, 9.17) is 11.6 Å². The molecule has 0 spiro atoms. The van der Waals surface area contributed by atoms with Crippen molar-refractivity contribution in [2.24, 2.45) is 7.05 Å². The minimum absolute atomic E-state index is 0.160. The number of hydrogen-bond acceptors (Lipinski definition) is 4. The normalized spacial score (nSPS) is 11.5. The number of halogens is 1. The maximum Gasteiger partial charge on any atom is 0.240 e. The Labute approximate surface area is 169 Å². The van der Waals surface area contributed by atoms with Crippen molar-refractivity contribution in [3.8, 4) is 0 Å². The molecule has 2 heterocycles. The van der Waals surface area contributed by atoms with Gasteiger partial charge < -0.3 is 4.57 Å². The number of hydrogen-bond donors (Lipinski definition) is 1. The van der Waals surface area contributed by atoms with Crippen LogP contribution < -0.4 is 4.72 Å². The van der Waals surface area contributed by atoms with E-state index in [0.29, 0.717) is 23.6 Å². The van der Waals surface area contributed by atoms with Crippen LogP contribution >= 0.6 is 11.6 Å². The maximum absolute atomic E-state index is 12.4. The van der Waals surface area contributed by atoms with Gasteiger partial charge in [-0.1, -0.05) is 17.7 Å². The molecule has 0 fully saturated rings. The third kappa shape index (κ3) is 4.67. The summed E-state index contributed by atoms with van der Waals surface area (Å²) in [6.07, 6.45) is 5.36. The molecule has 28 heavy (non-hydrogen) atoms. The van der Waals surface area contributed by atoms with Crippen molar-refractivity contribution in [3.05, 3.63) is 82.4 Å². The van der Waals surface area contributed by atoms with Crippen LogP contribution in [0.1, 0.15) is 27.3 Å². The van der Waals surface area contributed by atoms with Crippen LogP contribution in [0.4, 0.5) is 0 Å². The lowest BCUT2D eigenvalue weighted by molar-refractivity contribution is 0.111. The molecule has 3 aromatic rings. The zero-order valence-corrected chi connectivity index (χ0v) is 16.9. The average molecular weight is 418 g/mol. The number of nitrogens with zero attached hydrogens (tertiary/aromatic N) is 2. The van der Waals surface area contributed by atoms with Gasteiger partial charge in [0.05, 0.1) is 10.6 Å². The van der Waals surface area contributed by atoms with Crippen LogP contribution in [0, 0.1) is 0 Å². The number of rotatable bonds is 8. The monoisotopic (exact) mass is 417 g/mol. The fourth-order valence-electron chi connectivity index (χ4n) is 3.05. The summed E-state index contributed by atoms with van der Waals surface area (Å²) in [5, 5.41) is 0.476. The summed E-state index contributed by atoms with van der Waals surface area (Å²) in [5.74, 6) is 0. The topological polar surface area (TPSA) is 81.1 Å². The Balaban J connectivity index is 1.75. The Bertz CT molecular complexity index is 1060. The molecule has 3 rings (SSSR count). The molecule has 8 heteroatoms. The number of carbonyl (C=O) groups is 1. The van der Waals surface area contributed by atoms with E-state index < -0.39 is 10.0 Å². The SMILES string of the molecule is Cn1c(C=O)cc(Cc2cccnc2)c1CCNS(=O)(=O)c1ccc(Cl)cc1. The largest absolute Gasteiger partial charge is 0.345 e. The Morgan fingerprint density at radius 2 is 1.96 bits per heavy atom. The van der Waals surface area contributed by atoms with Gasteiger partial charge in [-0.05, 0) is 47.5 Å².